The van der Waals surface area contributed by atoms with Gasteiger partial charge in [0.05, 0.1) is 25.4 Å². The van der Waals surface area contributed by atoms with Gasteiger partial charge in [0, 0.05) is 18.6 Å². The number of alkyl halides is 1. The summed E-state index contributed by atoms with van der Waals surface area (Å²) in [5.41, 5.74) is 0. The van der Waals surface area contributed by atoms with Crippen LogP contribution in [0.5, 0.6) is 0 Å². The second-order valence-corrected chi connectivity index (χ2v) is 13.4. The van der Waals surface area contributed by atoms with E-state index in [2.05, 4.69) is 13.0 Å². The van der Waals surface area contributed by atoms with Crippen molar-refractivity contribution in [3.05, 3.63) is 12.2 Å². The third kappa shape index (κ3) is 11.7. The van der Waals surface area contributed by atoms with Crippen molar-refractivity contribution in [3.8, 4) is 0 Å². The summed E-state index contributed by atoms with van der Waals surface area (Å²) in [6, 6.07) is 0. The Morgan fingerprint density at radius 2 is 1.67 bits per heavy atom. The maximum atomic E-state index is 11.8. The Kier molecular flexibility index (Phi) is 16.0. The number of hydrogen-bond donors (Lipinski definition) is 0. The minimum atomic E-state index is -0.299. The molecule has 2 unspecified atom stereocenters. The van der Waals surface area contributed by atoms with E-state index in [0.717, 1.165) is 83.8 Å². The summed E-state index contributed by atoms with van der Waals surface area (Å²) in [7, 11) is 0. The van der Waals surface area contributed by atoms with Crippen LogP contribution in [0, 0.1) is 17.8 Å². The van der Waals surface area contributed by atoms with Gasteiger partial charge in [-0.1, -0.05) is 44.8 Å². The lowest BCUT2D eigenvalue weighted by atomic mass is 9.80. The summed E-state index contributed by atoms with van der Waals surface area (Å²) in [4.78, 5) is 11.8. The van der Waals surface area contributed by atoms with Gasteiger partial charge in [-0.05, 0) is 101 Å². The lowest BCUT2D eigenvalue weighted by Gasteiger charge is -2.36. The van der Waals surface area contributed by atoms with Crippen molar-refractivity contribution in [1.29, 1.82) is 0 Å². The highest BCUT2D eigenvalue weighted by atomic mass is 35.5. The molecule has 0 spiro atoms. The van der Waals surface area contributed by atoms with Crippen LogP contribution in [-0.2, 0) is 33.2 Å². The van der Waals surface area contributed by atoms with Crippen LogP contribution in [0.25, 0.3) is 0 Å². The molecule has 0 N–H and O–H groups in total. The average Bonchev–Trinajstić information content (AvgIpc) is 3.31. The maximum absolute atomic E-state index is 11.8. The van der Waals surface area contributed by atoms with Crippen molar-refractivity contribution in [1.82, 2.24) is 0 Å². The first-order valence-electron chi connectivity index (χ1n) is 17.2. The maximum Gasteiger partial charge on any atom is 0.332 e. The first-order chi connectivity index (χ1) is 20.6. The van der Waals surface area contributed by atoms with E-state index < -0.39 is 0 Å². The number of hydrogen-bond acceptors (Lipinski definition) is 7. The normalized spacial score (nSPS) is 31.9. The number of halogens is 1. The van der Waals surface area contributed by atoms with Gasteiger partial charge in [-0.3, -0.25) is 0 Å². The molecule has 2 heterocycles. The lowest BCUT2D eigenvalue weighted by Crippen LogP contribution is -2.35. The molecular formula is C34H57ClO7. The van der Waals surface area contributed by atoms with Gasteiger partial charge < -0.3 is 28.4 Å². The average molecular weight is 613 g/mol. The molecule has 2 saturated carbocycles. The fourth-order valence-electron chi connectivity index (χ4n) is 7.20. The Hall–Kier alpha value is -0.700. The molecule has 8 heteroatoms. The van der Waals surface area contributed by atoms with Crippen molar-refractivity contribution in [2.75, 3.05) is 33.0 Å². The van der Waals surface area contributed by atoms with E-state index in [-0.39, 0.29) is 42.7 Å². The Balaban J connectivity index is 1.33. The summed E-state index contributed by atoms with van der Waals surface area (Å²) in [6.07, 6.45) is 23.0. The molecule has 2 aliphatic heterocycles. The molecule has 242 valence electrons. The molecule has 0 aromatic rings. The third-order valence-corrected chi connectivity index (χ3v) is 10.1. The van der Waals surface area contributed by atoms with Crippen molar-refractivity contribution < 1.29 is 33.2 Å². The van der Waals surface area contributed by atoms with E-state index >= 15 is 0 Å². The second kappa shape index (κ2) is 19.6. The van der Waals surface area contributed by atoms with Gasteiger partial charge in [-0.25, -0.2) is 4.79 Å². The highest BCUT2D eigenvalue weighted by Gasteiger charge is 2.44. The SMILES string of the molecule is CCCCOC(=O)COC/C=C\C[C@@H]1[C@@H](CC[C@@H](OC2CCCCO2)C2CCCCC2)[C@H](OC2CCCCO2)C[C@H]1Cl. The monoisotopic (exact) mass is 612 g/mol. The molecule has 0 aromatic carbocycles. The number of esters is 1. The number of rotatable bonds is 17. The highest BCUT2D eigenvalue weighted by molar-refractivity contribution is 6.21. The minimum absolute atomic E-state index is 0.0111. The van der Waals surface area contributed by atoms with E-state index in [4.69, 9.17) is 40.0 Å². The van der Waals surface area contributed by atoms with Gasteiger partial charge in [0.15, 0.2) is 12.6 Å². The summed E-state index contributed by atoms with van der Waals surface area (Å²) < 4.78 is 36.0. The molecule has 7 nitrogen and oxygen atoms in total. The molecule has 0 amide bonds. The third-order valence-electron chi connectivity index (χ3n) is 9.61. The number of ether oxygens (including phenoxy) is 6. The fraction of sp³-hybridized carbons (Fsp3) is 0.912. The van der Waals surface area contributed by atoms with Gasteiger partial charge in [0.25, 0.3) is 0 Å². The molecule has 2 saturated heterocycles. The van der Waals surface area contributed by atoms with Crippen LogP contribution in [0.4, 0.5) is 0 Å². The van der Waals surface area contributed by atoms with Crippen molar-refractivity contribution in [3.63, 3.8) is 0 Å². The molecule has 2 aliphatic carbocycles. The van der Waals surface area contributed by atoms with Crippen molar-refractivity contribution in [2.24, 2.45) is 17.8 Å². The predicted molar refractivity (Wildman–Crippen MR) is 164 cm³/mol. The van der Waals surface area contributed by atoms with Gasteiger partial charge in [0.1, 0.15) is 6.61 Å². The Labute approximate surface area is 259 Å². The summed E-state index contributed by atoms with van der Waals surface area (Å²) in [6.45, 7) is 4.51. The summed E-state index contributed by atoms with van der Waals surface area (Å²) >= 11 is 7.05. The zero-order chi connectivity index (χ0) is 29.4. The van der Waals surface area contributed by atoms with Gasteiger partial charge in [-0.15, -0.1) is 11.6 Å². The molecule has 4 rings (SSSR count). The Bertz CT molecular complexity index is 761. The van der Waals surface area contributed by atoms with Crippen LogP contribution in [0.1, 0.15) is 116 Å². The molecule has 4 aliphatic rings. The van der Waals surface area contributed by atoms with E-state index in [1.165, 1.54) is 38.5 Å². The molecule has 7 atom stereocenters. The zero-order valence-corrected chi connectivity index (χ0v) is 26.8. The van der Waals surface area contributed by atoms with E-state index in [1.54, 1.807) is 0 Å². The summed E-state index contributed by atoms with van der Waals surface area (Å²) in [5.74, 6) is 0.974. The van der Waals surface area contributed by atoms with Crippen LogP contribution in [0.2, 0.25) is 0 Å². The number of carbonyl (C=O) groups excluding carboxylic acids is 1. The lowest BCUT2D eigenvalue weighted by molar-refractivity contribution is -0.207. The number of carbonyl (C=O) groups is 1. The predicted octanol–water partition coefficient (Wildman–Crippen LogP) is 7.72. The van der Waals surface area contributed by atoms with E-state index in [9.17, 15) is 4.79 Å². The van der Waals surface area contributed by atoms with Gasteiger partial charge >= 0.3 is 5.97 Å². The summed E-state index contributed by atoms with van der Waals surface area (Å²) in [5, 5.41) is 0.0541. The largest absolute Gasteiger partial charge is 0.464 e. The molecule has 4 fully saturated rings. The van der Waals surface area contributed by atoms with Crippen molar-refractivity contribution in [2.45, 2.75) is 146 Å². The molecule has 0 bridgehead atoms. The molecule has 42 heavy (non-hydrogen) atoms. The molecule has 0 aromatic heterocycles. The van der Waals surface area contributed by atoms with Crippen LogP contribution in [0.15, 0.2) is 12.2 Å². The van der Waals surface area contributed by atoms with E-state index in [0.29, 0.717) is 31.0 Å². The van der Waals surface area contributed by atoms with Crippen LogP contribution >= 0.6 is 11.6 Å². The first kappa shape index (κ1) is 34.2. The quantitative estimate of drug-likeness (QED) is 0.0720. The topological polar surface area (TPSA) is 72.5 Å². The van der Waals surface area contributed by atoms with E-state index in [1.807, 2.05) is 6.08 Å². The van der Waals surface area contributed by atoms with Gasteiger partial charge in [0.2, 0.25) is 0 Å². The van der Waals surface area contributed by atoms with Gasteiger partial charge in [-0.2, -0.15) is 0 Å². The Morgan fingerprint density at radius 3 is 2.38 bits per heavy atom. The molecular weight excluding hydrogens is 556 g/mol. The minimum Gasteiger partial charge on any atom is -0.464 e. The Morgan fingerprint density at radius 1 is 0.929 bits per heavy atom. The van der Waals surface area contributed by atoms with Crippen molar-refractivity contribution >= 4 is 17.6 Å². The standard InChI is InChI=1S/C34H57ClO7/c1-2-3-21-38-32(36)25-37-20-10-7-15-27-28(31(24-29(27)35)42-34-17-9-12-23-40-34)18-19-30(26-13-5-4-6-14-26)41-33-16-8-11-22-39-33/h7,10,26-31,33-34H,2-6,8-9,11-25H2,1H3/b10-7-/t27-,28-,29-,30-,31-,33?,34?/m1/s1. The fourth-order valence-corrected chi connectivity index (χ4v) is 7.67. The molecule has 0 radical (unpaired) electrons. The van der Waals surface area contributed by atoms with Crippen LogP contribution < -0.4 is 0 Å². The van der Waals surface area contributed by atoms with Crippen LogP contribution in [0.3, 0.4) is 0 Å². The first-order valence-corrected chi connectivity index (χ1v) is 17.6. The second-order valence-electron chi connectivity index (χ2n) is 12.8. The zero-order valence-electron chi connectivity index (χ0n) is 26.1. The highest BCUT2D eigenvalue weighted by Crippen LogP contribution is 2.44. The smallest absolute Gasteiger partial charge is 0.332 e. The van der Waals surface area contributed by atoms with Crippen LogP contribution in [-0.4, -0.2) is 69.2 Å². The number of allylic oxidation sites excluding steroid dienone is 1. The number of unbranched alkanes of at least 4 members (excludes halogenated alkanes) is 1.